The van der Waals surface area contributed by atoms with Gasteiger partial charge in [-0.1, -0.05) is 0 Å². The van der Waals surface area contributed by atoms with E-state index in [1.807, 2.05) is 0 Å². The fourth-order valence-electron chi connectivity index (χ4n) is 7.74. The quantitative estimate of drug-likeness (QED) is 0.180. The average molecular weight is 705 g/mol. The van der Waals surface area contributed by atoms with Crippen LogP contribution in [-0.2, 0) is 19.0 Å². The lowest BCUT2D eigenvalue weighted by atomic mass is 9.85. The molecule has 6 atom stereocenters. The first kappa shape index (κ1) is 31.5. The SMILES string of the molecule is CC(N=C(N)N)c1nnc([C@@H]2CC3(CC3)[C@@H]3CN2C(=O)N3OS(=O)(=O)ON2C(=O)N3C[C@H]2C2(CC2)C[C@H]3c2nnc(C(C)N=C(N)N)o2)o1. The standard InChI is InChI=1S/C26H36N14O8S/c1-11(31-21(27)28)17-33-35-19(45-17)13-7-25(3-4-25)15-9-37(13)23(41)39(15)47-49(43,44)48-40-16-10-38(24(40)42)14(8-26(16)5-6-26)20-36-34-18(46-20)12(2)32-22(29)30/h11-16H,3-10H2,1-2H3,(H4,27,28,31)(H4,29,30,32)/t11?,12?,13-,14-,15-,16-/m0/s1. The zero-order valence-corrected chi connectivity index (χ0v) is 27.4. The van der Waals surface area contributed by atoms with Crippen LogP contribution in [0.15, 0.2) is 18.8 Å². The molecule has 6 aliphatic rings. The molecule has 264 valence electrons. The highest BCUT2D eigenvalue weighted by atomic mass is 32.3. The molecule has 4 bridgehead atoms. The molecule has 0 aromatic carbocycles. The Kier molecular flexibility index (Phi) is 6.82. The van der Waals surface area contributed by atoms with Gasteiger partial charge < -0.3 is 41.6 Å². The number of nitrogens with zero attached hydrogens (tertiary/aromatic N) is 10. The number of hydrogen-bond acceptors (Lipinski definition) is 14. The number of hydroxylamine groups is 4. The monoisotopic (exact) mass is 704 g/mol. The summed E-state index contributed by atoms with van der Waals surface area (Å²) in [5.74, 6) is 0.402. The number of aromatic nitrogens is 4. The van der Waals surface area contributed by atoms with Crippen molar-refractivity contribution in [3.05, 3.63) is 23.6 Å². The van der Waals surface area contributed by atoms with E-state index in [2.05, 4.69) is 30.4 Å². The molecule has 4 amide bonds. The van der Waals surface area contributed by atoms with Crippen LogP contribution in [0, 0.1) is 10.8 Å². The van der Waals surface area contributed by atoms with E-state index < -0.39 is 69.5 Å². The van der Waals surface area contributed by atoms with Gasteiger partial charge in [-0.25, -0.2) is 19.6 Å². The van der Waals surface area contributed by atoms with Gasteiger partial charge in [0.05, 0.1) is 12.1 Å². The van der Waals surface area contributed by atoms with Gasteiger partial charge in [0.2, 0.25) is 23.6 Å². The van der Waals surface area contributed by atoms with Crippen LogP contribution in [0.5, 0.6) is 0 Å². The summed E-state index contributed by atoms with van der Waals surface area (Å²) in [7, 11) is -4.96. The fraction of sp³-hybridized carbons (Fsp3) is 0.692. The van der Waals surface area contributed by atoms with Crippen molar-refractivity contribution in [2.24, 2.45) is 43.7 Å². The van der Waals surface area contributed by atoms with Crippen LogP contribution in [-0.4, -0.2) is 97.9 Å². The zero-order valence-electron chi connectivity index (χ0n) is 26.6. The maximum absolute atomic E-state index is 13.7. The first-order valence-corrected chi connectivity index (χ1v) is 17.2. The molecule has 2 spiro atoms. The van der Waals surface area contributed by atoms with Crippen molar-refractivity contribution >= 4 is 34.4 Å². The van der Waals surface area contributed by atoms with Gasteiger partial charge in [0.15, 0.2) is 11.9 Å². The second-order valence-electron chi connectivity index (χ2n) is 13.7. The maximum atomic E-state index is 13.7. The third-order valence-electron chi connectivity index (χ3n) is 10.6. The molecule has 2 aromatic rings. The number of amides is 4. The number of aliphatic imine (C=N–C) groups is 2. The Morgan fingerprint density at radius 2 is 1.14 bits per heavy atom. The summed E-state index contributed by atoms with van der Waals surface area (Å²) in [4.78, 5) is 38.3. The molecule has 8 N–H and O–H groups in total. The number of rotatable bonds is 10. The van der Waals surface area contributed by atoms with Crippen LogP contribution >= 0.6 is 0 Å². The van der Waals surface area contributed by atoms with Crippen molar-refractivity contribution in [1.29, 1.82) is 0 Å². The molecule has 4 saturated heterocycles. The van der Waals surface area contributed by atoms with E-state index in [4.69, 9.17) is 40.3 Å². The lowest BCUT2D eigenvalue weighted by Gasteiger charge is -2.35. The van der Waals surface area contributed by atoms with Gasteiger partial charge >= 0.3 is 22.5 Å². The molecule has 6 heterocycles. The molecular weight excluding hydrogens is 668 g/mol. The Labute approximate surface area is 279 Å². The van der Waals surface area contributed by atoms with Crippen molar-refractivity contribution in [3.63, 3.8) is 0 Å². The molecule has 6 fully saturated rings. The van der Waals surface area contributed by atoms with E-state index in [0.29, 0.717) is 12.8 Å². The summed E-state index contributed by atoms with van der Waals surface area (Å²) in [6.45, 7) is 3.69. The van der Waals surface area contributed by atoms with Crippen LogP contribution in [0.3, 0.4) is 0 Å². The second-order valence-corrected chi connectivity index (χ2v) is 14.8. The van der Waals surface area contributed by atoms with Gasteiger partial charge in [0.25, 0.3) is 0 Å². The molecule has 4 aliphatic heterocycles. The van der Waals surface area contributed by atoms with E-state index in [0.717, 1.165) is 35.8 Å². The topological polar surface area (TPSA) is 306 Å². The number of piperidine rings is 2. The molecular formula is C26H36N14O8S. The van der Waals surface area contributed by atoms with Crippen LogP contribution < -0.4 is 22.9 Å². The number of nitrogens with two attached hydrogens (primary N) is 4. The van der Waals surface area contributed by atoms with Crippen LogP contribution in [0.4, 0.5) is 9.59 Å². The van der Waals surface area contributed by atoms with Crippen LogP contribution in [0.1, 0.15) is 100 Å². The van der Waals surface area contributed by atoms with Crippen LogP contribution in [0.25, 0.3) is 0 Å². The van der Waals surface area contributed by atoms with Gasteiger partial charge in [0.1, 0.15) is 24.2 Å². The van der Waals surface area contributed by atoms with E-state index >= 15 is 0 Å². The molecule has 22 nitrogen and oxygen atoms in total. The summed E-state index contributed by atoms with van der Waals surface area (Å²) >= 11 is 0. The van der Waals surface area contributed by atoms with Crippen molar-refractivity contribution in [3.8, 4) is 0 Å². The minimum absolute atomic E-state index is 0.143. The number of hydrogen-bond donors (Lipinski definition) is 4. The highest BCUT2D eigenvalue weighted by Crippen LogP contribution is 2.63. The lowest BCUT2D eigenvalue weighted by Crippen LogP contribution is -2.45. The normalized spacial score (nSPS) is 28.7. The first-order chi connectivity index (χ1) is 23.2. The van der Waals surface area contributed by atoms with E-state index in [1.54, 1.807) is 13.8 Å². The third-order valence-corrected chi connectivity index (χ3v) is 11.2. The number of fused-ring (bicyclic) bond motifs is 6. The molecule has 49 heavy (non-hydrogen) atoms. The largest absolute Gasteiger partial charge is 0.442 e. The molecule has 2 aliphatic carbocycles. The Bertz CT molecular complexity index is 1740. The highest BCUT2D eigenvalue weighted by molar-refractivity contribution is 7.81. The summed E-state index contributed by atoms with van der Waals surface area (Å²) in [5, 5.41) is 18.1. The summed E-state index contributed by atoms with van der Waals surface area (Å²) in [5.41, 5.74) is 21.0. The second kappa shape index (κ2) is 10.6. The smallest absolute Gasteiger partial charge is 0.421 e. The Balaban J connectivity index is 0.988. The molecule has 8 rings (SSSR count). The van der Waals surface area contributed by atoms with E-state index in [1.165, 1.54) is 9.80 Å². The van der Waals surface area contributed by atoms with E-state index in [-0.39, 0.29) is 48.6 Å². The lowest BCUT2D eigenvalue weighted by molar-refractivity contribution is -0.101. The Hall–Kier alpha value is -4.77. The van der Waals surface area contributed by atoms with Gasteiger partial charge in [-0.05, 0) is 63.2 Å². The molecule has 23 heteroatoms. The van der Waals surface area contributed by atoms with Crippen molar-refractivity contribution in [2.45, 2.75) is 88.6 Å². The van der Waals surface area contributed by atoms with Crippen molar-refractivity contribution < 1.29 is 35.4 Å². The molecule has 0 radical (unpaired) electrons. The molecule has 2 unspecified atom stereocenters. The summed E-state index contributed by atoms with van der Waals surface area (Å²) < 4.78 is 49.5. The first-order valence-electron chi connectivity index (χ1n) is 15.9. The van der Waals surface area contributed by atoms with Gasteiger partial charge in [0, 0.05) is 13.1 Å². The molecule has 2 saturated carbocycles. The summed E-state index contributed by atoms with van der Waals surface area (Å²) in [6, 6.07) is -5.04. The minimum Gasteiger partial charge on any atom is -0.421 e. The number of guanidine groups is 2. The van der Waals surface area contributed by atoms with Crippen molar-refractivity contribution in [1.82, 2.24) is 40.3 Å². The predicted octanol–water partition coefficient (Wildman–Crippen LogP) is -0.408. The Morgan fingerprint density at radius 1 is 0.755 bits per heavy atom. The fourth-order valence-corrected chi connectivity index (χ4v) is 8.49. The number of urea groups is 2. The van der Waals surface area contributed by atoms with Crippen LogP contribution in [0.2, 0.25) is 0 Å². The zero-order chi connectivity index (χ0) is 34.6. The highest BCUT2D eigenvalue weighted by Gasteiger charge is 2.67. The van der Waals surface area contributed by atoms with Gasteiger partial charge in [-0.2, -0.15) is 18.5 Å². The van der Waals surface area contributed by atoms with Crippen molar-refractivity contribution in [2.75, 3.05) is 13.1 Å². The minimum atomic E-state index is -4.96. The number of carbonyl (C=O) groups excluding carboxylic acids is 2. The predicted molar refractivity (Wildman–Crippen MR) is 162 cm³/mol. The summed E-state index contributed by atoms with van der Waals surface area (Å²) in [6.07, 6.45) is 3.83. The van der Waals surface area contributed by atoms with Gasteiger partial charge in [-0.3, -0.25) is 0 Å². The number of carbonyl (C=O) groups is 2. The van der Waals surface area contributed by atoms with E-state index in [9.17, 15) is 18.0 Å². The maximum Gasteiger partial charge on any atom is 0.442 e. The third kappa shape index (κ3) is 5.17. The molecule has 2 aromatic heterocycles. The Morgan fingerprint density at radius 3 is 1.49 bits per heavy atom. The average Bonchev–Trinajstić information content (AvgIpc) is 3.71. The van der Waals surface area contributed by atoms with Gasteiger partial charge in [-0.15, -0.1) is 29.0 Å².